The fourth-order valence-corrected chi connectivity index (χ4v) is 1.05. The maximum absolute atomic E-state index is 13.0. The van der Waals surface area contributed by atoms with Gasteiger partial charge in [-0.1, -0.05) is 13.3 Å². The highest BCUT2D eigenvalue weighted by atomic mass is 19.1. The zero-order valence-corrected chi connectivity index (χ0v) is 8.43. The van der Waals surface area contributed by atoms with Crippen LogP contribution in [0.2, 0.25) is 0 Å². The number of rotatable bonds is 4. The van der Waals surface area contributed by atoms with E-state index in [1.54, 1.807) is 0 Å². The normalized spacial score (nSPS) is 10.1. The molecule has 0 amide bonds. The lowest BCUT2D eigenvalue weighted by Crippen LogP contribution is -2.08. The maximum Gasteiger partial charge on any atom is 0.311 e. The van der Waals surface area contributed by atoms with Crippen LogP contribution < -0.4 is 4.74 Å². The van der Waals surface area contributed by atoms with Crippen molar-refractivity contribution in [2.45, 2.75) is 26.2 Å². The first kappa shape index (κ1) is 11.6. The summed E-state index contributed by atoms with van der Waals surface area (Å²) in [6.45, 7) is 1.93. The van der Waals surface area contributed by atoms with E-state index in [0.717, 1.165) is 24.6 Å². The smallest absolute Gasteiger partial charge is 0.311 e. The first-order chi connectivity index (χ1) is 7.13. The van der Waals surface area contributed by atoms with E-state index in [1.165, 1.54) is 0 Å². The van der Waals surface area contributed by atoms with Crippen LogP contribution in [0.4, 0.5) is 8.78 Å². The van der Waals surface area contributed by atoms with Crippen LogP contribution in [0.25, 0.3) is 0 Å². The Kier molecular flexibility index (Phi) is 4.21. The van der Waals surface area contributed by atoms with Gasteiger partial charge in [-0.3, -0.25) is 4.79 Å². The molecule has 0 bridgehead atoms. The van der Waals surface area contributed by atoms with Crippen LogP contribution in [-0.4, -0.2) is 5.97 Å². The van der Waals surface area contributed by atoms with Gasteiger partial charge in [0.1, 0.15) is 5.82 Å². The summed E-state index contributed by atoms with van der Waals surface area (Å²) < 4.78 is 30.4. The van der Waals surface area contributed by atoms with Gasteiger partial charge in [-0.2, -0.15) is 0 Å². The predicted octanol–water partition coefficient (Wildman–Crippen LogP) is 3.06. The Bertz CT molecular complexity index is 350. The Hall–Kier alpha value is -1.45. The van der Waals surface area contributed by atoms with E-state index in [9.17, 15) is 13.6 Å². The summed E-state index contributed by atoms with van der Waals surface area (Å²) in [4.78, 5) is 11.1. The van der Waals surface area contributed by atoms with Gasteiger partial charge in [0.15, 0.2) is 11.6 Å². The minimum Gasteiger partial charge on any atom is -0.423 e. The summed E-state index contributed by atoms with van der Waals surface area (Å²) in [5.74, 6) is -2.26. The molecule has 0 heterocycles. The van der Waals surface area contributed by atoms with Crippen molar-refractivity contribution in [2.24, 2.45) is 0 Å². The van der Waals surface area contributed by atoms with E-state index in [1.807, 2.05) is 6.92 Å². The molecule has 0 unspecified atom stereocenters. The third-order valence-corrected chi connectivity index (χ3v) is 1.85. The molecule has 1 aromatic rings. The lowest BCUT2D eigenvalue weighted by atomic mass is 10.2. The van der Waals surface area contributed by atoms with E-state index in [-0.39, 0.29) is 12.2 Å². The first-order valence-corrected chi connectivity index (χ1v) is 4.79. The van der Waals surface area contributed by atoms with E-state index in [4.69, 9.17) is 0 Å². The molecule has 2 nitrogen and oxygen atoms in total. The van der Waals surface area contributed by atoms with E-state index >= 15 is 0 Å². The zero-order chi connectivity index (χ0) is 11.3. The van der Waals surface area contributed by atoms with Crippen molar-refractivity contribution in [1.82, 2.24) is 0 Å². The Labute approximate surface area is 86.9 Å². The average Bonchev–Trinajstić information content (AvgIpc) is 2.20. The molecule has 4 heteroatoms. The van der Waals surface area contributed by atoms with Gasteiger partial charge in [0.05, 0.1) is 0 Å². The minimum absolute atomic E-state index is 0.215. The van der Waals surface area contributed by atoms with Crippen LogP contribution in [0.1, 0.15) is 26.2 Å². The topological polar surface area (TPSA) is 26.3 Å². The van der Waals surface area contributed by atoms with Gasteiger partial charge in [-0.05, 0) is 18.6 Å². The molecule has 1 aromatic carbocycles. The van der Waals surface area contributed by atoms with Gasteiger partial charge in [0, 0.05) is 12.5 Å². The highest BCUT2D eigenvalue weighted by molar-refractivity contribution is 5.72. The number of hydrogen-bond acceptors (Lipinski definition) is 2. The first-order valence-electron chi connectivity index (χ1n) is 4.79. The summed E-state index contributed by atoms with van der Waals surface area (Å²) >= 11 is 0. The maximum atomic E-state index is 13.0. The number of ether oxygens (including phenoxy) is 1. The van der Waals surface area contributed by atoms with Crippen LogP contribution >= 0.6 is 0 Å². The summed E-state index contributed by atoms with van der Waals surface area (Å²) in [6.07, 6.45) is 1.74. The fourth-order valence-electron chi connectivity index (χ4n) is 1.05. The molecule has 0 N–H and O–H groups in total. The predicted molar refractivity (Wildman–Crippen MR) is 51.5 cm³/mol. The third-order valence-electron chi connectivity index (χ3n) is 1.85. The van der Waals surface area contributed by atoms with Gasteiger partial charge >= 0.3 is 5.97 Å². The summed E-state index contributed by atoms with van der Waals surface area (Å²) in [5, 5.41) is 0. The van der Waals surface area contributed by atoms with Gasteiger partial charge in [-0.15, -0.1) is 0 Å². The number of unbranched alkanes of at least 4 members (excludes halogenated alkanes) is 1. The van der Waals surface area contributed by atoms with Crippen LogP contribution in [0.3, 0.4) is 0 Å². The summed E-state index contributed by atoms with van der Waals surface area (Å²) in [7, 11) is 0. The van der Waals surface area contributed by atoms with Gasteiger partial charge in [-0.25, -0.2) is 8.78 Å². The lowest BCUT2D eigenvalue weighted by Gasteiger charge is -2.04. The minimum atomic E-state index is -0.735. The largest absolute Gasteiger partial charge is 0.423 e. The second-order valence-corrected chi connectivity index (χ2v) is 3.15. The molecule has 0 fully saturated rings. The van der Waals surface area contributed by atoms with Crippen molar-refractivity contribution in [3.8, 4) is 5.75 Å². The van der Waals surface area contributed by atoms with Crippen molar-refractivity contribution < 1.29 is 18.3 Å². The number of hydrogen-bond donors (Lipinski definition) is 0. The van der Waals surface area contributed by atoms with Crippen molar-refractivity contribution in [3.05, 3.63) is 29.8 Å². The highest BCUT2D eigenvalue weighted by Gasteiger charge is 2.09. The standard InChI is InChI=1S/C11H12F2O2/c1-2-3-4-11(14)15-10-7-8(12)5-6-9(10)13/h5-7H,2-4H2,1H3. The average molecular weight is 214 g/mol. The Morgan fingerprint density at radius 2 is 2.13 bits per heavy atom. The molecule has 0 saturated heterocycles. The molecule has 0 aliphatic rings. The van der Waals surface area contributed by atoms with Crippen LogP contribution in [0, 0.1) is 11.6 Å². The van der Waals surface area contributed by atoms with Gasteiger partial charge in [0.25, 0.3) is 0 Å². The Morgan fingerprint density at radius 3 is 2.80 bits per heavy atom. The molecular weight excluding hydrogens is 202 g/mol. The quantitative estimate of drug-likeness (QED) is 0.568. The SMILES string of the molecule is CCCCC(=O)Oc1cc(F)ccc1F. The van der Waals surface area contributed by atoms with E-state index in [2.05, 4.69) is 4.74 Å². The molecular formula is C11H12F2O2. The molecule has 0 spiro atoms. The molecule has 1 rings (SSSR count). The third kappa shape index (κ3) is 3.65. The number of carbonyl (C=O) groups excluding carboxylic acids is 1. The highest BCUT2D eigenvalue weighted by Crippen LogP contribution is 2.18. The Balaban J connectivity index is 2.63. The van der Waals surface area contributed by atoms with E-state index in [0.29, 0.717) is 6.42 Å². The second kappa shape index (κ2) is 5.44. The monoisotopic (exact) mass is 214 g/mol. The zero-order valence-electron chi connectivity index (χ0n) is 8.43. The van der Waals surface area contributed by atoms with Crippen molar-refractivity contribution >= 4 is 5.97 Å². The molecule has 0 aromatic heterocycles. The molecule has 0 aliphatic carbocycles. The lowest BCUT2D eigenvalue weighted by molar-refractivity contribution is -0.134. The molecule has 0 radical (unpaired) electrons. The molecule has 0 atom stereocenters. The van der Waals surface area contributed by atoms with E-state index < -0.39 is 17.6 Å². The number of carbonyl (C=O) groups is 1. The molecule has 15 heavy (non-hydrogen) atoms. The van der Waals surface area contributed by atoms with Crippen LogP contribution in [0.5, 0.6) is 5.75 Å². The van der Waals surface area contributed by atoms with Crippen molar-refractivity contribution in [3.63, 3.8) is 0 Å². The second-order valence-electron chi connectivity index (χ2n) is 3.15. The molecule has 82 valence electrons. The summed E-state index contributed by atoms with van der Waals surface area (Å²) in [6, 6.07) is 2.76. The molecule has 0 aliphatic heterocycles. The molecule has 0 saturated carbocycles. The van der Waals surface area contributed by atoms with Gasteiger partial charge < -0.3 is 4.74 Å². The number of benzene rings is 1. The van der Waals surface area contributed by atoms with Crippen molar-refractivity contribution in [1.29, 1.82) is 0 Å². The van der Waals surface area contributed by atoms with Crippen LogP contribution in [-0.2, 0) is 4.79 Å². The van der Waals surface area contributed by atoms with Gasteiger partial charge in [0.2, 0.25) is 0 Å². The number of esters is 1. The summed E-state index contributed by atoms with van der Waals surface area (Å²) in [5.41, 5.74) is 0. The van der Waals surface area contributed by atoms with Crippen molar-refractivity contribution in [2.75, 3.05) is 0 Å². The van der Waals surface area contributed by atoms with Crippen LogP contribution in [0.15, 0.2) is 18.2 Å². The number of halogens is 2. The fraction of sp³-hybridized carbons (Fsp3) is 0.364. The Morgan fingerprint density at radius 1 is 1.40 bits per heavy atom.